The van der Waals surface area contributed by atoms with E-state index in [1.165, 1.54) is 0 Å². The van der Waals surface area contributed by atoms with Crippen molar-refractivity contribution >= 4 is 45.3 Å². The van der Waals surface area contributed by atoms with Gasteiger partial charge in [-0.15, -0.1) is 0 Å². The van der Waals surface area contributed by atoms with Gasteiger partial charge >= 0.3 is 7.12 Å². The van der Waals surface area contributed by atoms with Crippen molar-refractivity contribution in [3.63, 3.8) is 0 Å². The average molecular weight is 344 g/mol. The lowest BCUT2D eigenvalue weighted by Crippen LogP contribution is -2.41. The number of benzene rings is 3. The highest BCUT2D eigenvalue weighted by atomic mass is 16.7. The molecule has 0 unspecified atom stereocenters. The molecule has 0 atom stereocenters. The Labute approximate surface area is 153 Å². The Morgan fingerprint density at radius 2 is 1.35 bits per heavy atom. The predicted molar refractivity (Wildman–Crippen MR) is 107 cm³/mol. The standard InChI is InChI=1S/C22H21BO3/c1-21(2)22(3,4)26-23(25-21)20-15-10-6-5-9-14(15)13-18-19(20)16-11-7-8-12-17(16)24-18/h5-13H,1-4H3. The molecule has 1 fully saturated rings. The monoisotopic (exact) mass is 344 g/mol. The summed E-state index contributed by atoms with van der Waals surface area (Å²) >= 11 is 0. The third-order valence-corrected chi connectivity index (χ3v) is 5.92. The Morgan fingerprint density at radius 1 is 0.731 bits per heavy atom. The number of fused-ring (bicyclic) bond motifs is 4. The Hall–Kier alpha value is -2.30. The molecule has 26 heavy (non-hydrogen) atoms. The highest BCUT2D eigenvalue weighted by Gasteiger charge is 2.52. The molecule has 0 radical (unpaired) electrons. The summed E-state index contributed by atoms with van der Waals surface area (Å²) in [4.78, 5) is 0. The van der Waals surface area contributed by atoms with Crippen molar-refractivity contribution < 1.29 is 13.7 Å². The molecular formula is C22H21BO3. The molecule has 4 aromatic rings. The van der Waals surface area contributed by atoms with Crippen molar-refractivity contribution in [3.8, 4) is 0 Å². The largest absolute Gasteiger partial charge is 0.496 e. The smallest absolute Gasteiger partial charge is 0.456 e. The van der Waals surface area contributed by atoms with Crippen LogP contribution in [0, 0.1) is 0 Å². The van der Waals surface area contributed by atoms with Crippen molar-refractivity contribution in [1.82, 2.24) is 0 Å². The number of furan rings is 1. The number of hydrogen-bond acceptors (Lipinski definition) is 3. The molecule has 5 rings (SSSR count). The van der Waals surface area contributed by atoms with E-state index < -0.39 is 7.12 Å². The SMILES string of the molecule is CC1(C)OB(c2c3ccccc3cc3oc4ccccc4c23)OC1(C)C. The predicted octanol–water partition coefficient (Wildman–Crippen LogP) is 5.04. The Balaban J connectivity index is 1.89. The van der Waals surface area contributed by atoms with E-state index in [1.807, 2.05) is 24.3 Å². The van der Waals surface area contributed by atoms with Crippen LogP contribution >= 0.6 is 0 Å². The highest BCUT2D eigenvalue weighted by Crippen LogP contribution is 2.39. The van der Waals surface area contributed by atoms with Gasteiger partial charge in [0.2, 0.25) is 0 Å². The minimum absolute atomic E-state index is 0.388. The topological polar surface area (TPSA) is 31.6 Å². The first-order valence-corrected chi connectivity index (χ1v) is 9.06. The number of hydrogen-bond donors (Lipinski definition) is 0. The third kappa shape index (κ3) is 2.09. The normalized spacial score (nSPS) is 19.0. The van der Waals surface area contributed by atoms with Gasteiger partial charge < -0.3 is 13.7 Å². The zero-order valence-electron chi connectivity index (χ0n) is 15.5. The fourth-order valence-corrected chi connectivity index (χ4v) is 3.79. The van der Waals surface area contributed by atoms with E-state index in [0.717, 1.165) is 38.2 Å². The minimum atomic E-state index is -0.436. The fourth-order valence-electron chi connectivity index (χ4n) is 3.79. The van der Waals surface area contributed by atoms with Gasteiger partial charge in [-0.2, -0.15) is 0 Å². The summed E-state index contributed by atoms with van der Waals surface area (Å²) in [6.45, 7) is 8.34. The maximum Gasteiger partial charge on any atom is 0.496 e. The summed E-state index contributed by atoms with van der Waals surface area (Å²) in [5.74, 6) is 0. The van der Waals surface area contributed by atoms with E-state index in [0.29, 0.717) is 0 Å². The van der Waals surface area contributed by atoms with Crippen molar-refractivity contribution in [1.29, 1.82) is 0 Å². The molecule has 1 aromatic heterocycles. The van der Waals surface area contributed by atoms with Gasteiger partial charge in [0.1, 0.15) is 11.2 Å². The van der Waals surface area contributed by atoms with Gasteiger partial charge in [0.25, 0.3) is 0 Å². The summed E-state index contributed by atoms with van der Waals surface area (Å²) in [6, 6.07) is 18.6. The molecular weight excluding hydrogens is 323 g/mol. The van der Waals surface area contributed by atoms with Crippen LogP contribution in [-0.4, -0.2) is 18.3 Å². The summed E-state index contributed by atoms with van der Waals surface area (Å²) in [5.41, 5.74) is 2.04. The fraction of sp³-hybridized carbons (Fsp3) is 0.273. The van der Waals surface area contributed by atoms with E-state index in [1.54, 1.807) is 0 Å². The van der Waals surface area contributed by atoms with Crippen molar-refractivity contribution in [2.24, 2.45) is 0 Å². The van der Waals surface area contributed by atoms with Gasteiger partial charge in [-0.3, -0.25) is 0 Å². The van der Waals surface area contributed by atoms with Crippen LogP contribution < -0.4 is 5.46 Å². The molecule has 4 heteroatoms. The van der Waals surface area contributed by atoms with E-state index in [-0.39, 0.29) is 11.2 Å². The van der Waals surface area contributed by atoms with E-state index in [2.05, 4.69) is 58.0 Å². The summed E-state index contributed by atoms with van der Waals surface area (Å²) < 4.78 is 19.0. The van der Waals surface area contributed by atoms with Gasteiger partial charge in [0, 0.05) is 16.2 Å². The van der Waals surface area contributed by atoms with Crippen LogP contribution in [0.4, 0.5) is 0 Å². The average Bonchev–Trinajstić information content (AvgIpc) is 3.06. The second-order valence-corrected chi connectivity index (χ2v) is 8.07. The van der Waals surface area contributed by atoms with Gasteiger partial charge in [0.15, 0.2) is 0 Å². The van der Waals surface area contributed by atoms with E-state index in [4.69, 9.17) is 13.7 Å². The lowest BCUT2D eigenvalue weighted by molar-refractivity contribution is 0.00578. The first kappa shape index (κ1) is 15.9. The Bertz CT molecular complexity index is 1140. The zero-order chi connectivity index (χ0) is 18.1. The van der Waals surface area contributed by atoms with Crippen LogP contribution in [0.1, 0.15) is 27.7 Å². The molecule has 1 aliphatic heterocycles. The summed E-state index contributed by atoms with van der Waals surface area (Å²) in [5, 5.41) is 4.45. The van der Waals surface area contributed by atoms with Crippen LogP contribution in [0.3, 0.4) is 0 Å². The number of rotatable bonds is 1. The molecule has 1 saturated heterocycles. The van der Waals surface area contributed by atoms with Crippen LogP contribution in [0.25, 0.3) is 32.7 Å². The van der Waals surface area contributed by atoms with Crippen molar-refractivity contribution in [2.75, 3.05) is 0 Å². The first-order valence-electron chi connectivity index (χ1n) is 9.06. The molecule has 0 amide bonds. The van der Waals surface area contributed by atoms with Gasteiger partial charge in [-0.05, 0) is 50.6 Å². The molecule has 0 spiro atoms. The third-order valence-electron chi connectivity index (χ3n) is 5.92. The van der Waals surface area contributed by atoms with Crippen LogP contribution in [0.15, 0.2) is 59.0 Å². The lowest BCUT2D eigenvalue weighted by atomic mass is 9.73. The van der Waals surface area contributed by atoms with Crippen molar-refractivity contribution in [3.05, 3.63) is 54.6 Å². The summed E-state index contributed by atoms with van der Waals surface area (Å²) in [7, 11) is -0.436. The maximum atomic E-state index is 6.42. The van der Waals surface area contributed by atoms with E-state index >= 15 is 0 Å². The molecule has 0 N–H and O–H groups in total. The molecule has 3 nitrogen and oxygen atoms in total. The first-order chi connectivity index (χ1) is 12.4. The minimum Gasteiger partial charge on any atom is -0.456 e. The maximum absolute atomic E-state index is 6.42. The number of para-hydroxylation sites is 1. The zero-order valence-corrected chi connectivity index (χ0v) is 15.5. The Kier molecular flexibility index (Phi) is 3.14. The van der Waals surface area contributed by atoms with Gasteiger partial charge in [0.05, 0.1) is 11.2 Å². The molecule has 0 bridgehead atoms. The summed E-state index contributed by atoms with van der Waals surface area (Å²) in [6.07, 6.45) is 0. The molecule has 1 aliphatic rings. The quantitative estimate of drug-likeness (QED) is 0.454. The lowest BCUT2D eigenvalue weighted by Gasteiger charge is -2.32. The van der Waals surface area contributed by atoms with E-state index in [9.17, 15) is 0 Å². The molecule has 3 aromatic carbocycles. The Morgan fingerprint density at radius 3 is 2.08 bits per heavy atom. The second-order valence-electron chi connectivity index (χ2n) is 8.07. The molecule has 0 saturated carbocycles. The van der Waals surface area contributed by atoms with Crippen molar-refractivity contribution in [2.45, 2.75) is 38.9 Å². The van der Waals surface area contributed by atoms with Crippen LogP contribution in [0.5, 0.6) is 0 Å². The second kappa shape index (κ2) is 5.12. The van der Waals surface area contributed by atoms with Gasteiger partial charge in [-0.25, -0.2) is 0 Å². The molecule has 2 heterocycles. The van der Waals surface area contributed by atoms with Crippen LogP contribution in [0.2, 0.25) is 0 Å². The molecule has 130 valence electrons. The highest BCUT2D eigenvalue weighted by molar-refractivity contribution is 6.69. The van der Waals surface area contributed by atoms with Gasteiger partial charge in [-0.1, -0.05) is 42.5 Å². The molecule has 0 aliphatic carbocycles. The van der Waals surface area contributed by atoms with Crippen LogP contribution in [-0.2, 0) is 9.31 Å².